The number of nitrogens with one attached hydrogen (secondary N) is 1. The molecule has 2 bridgehead atoms. The number of hydrogen-bond acceptors (Lipinski definition) is 17. The Morgan fingerprint density at radius 2 is 1.28 bits per heavy atom. The lowest BCUT2D eigenvalue weighted by molar-refractivity contribution is -0.304. The summed E-state index contributed by atoms with van der Waals surface area (Å²) in [7, 11) is 0. The highest BCUT2D eigenvalue weighted by molar-refractivity contribution is 5.80. The van der Waals surface area contributed by atoms with E-state index < -0.39 is 135 Å². The van der Waals surface area contributed by atoms with Crippen molar-refractivity contribution in [2.24, 2.45) is 17.6 Å². The van der Waals surface area contributed by atoms with E-state index in [2.05, 4.69) is 5.32 Å². The average Bonchev–Trinajstić information content (AvgIpc) is 3.77. The van der Waals surface area contributed by atoms with E-state index >= 15 is 0 Å². The van der Waals surface area contributed by atoms with Gasteiger partial charge in [-0.2, -0.15) is 0 Å². The Balaban J connectivity index is 1.57. The van der Waals surface area contributed by atoms with Crippen LogP contribution in [0.15, 0.2) is 85.1 Å². The summed E-state index contributed by atoms with van der Waals surface area (Å²) in [6, 6.07) is -1.21. The Morgan fingerprint density at radius 3 is 1.91 bits per heavy atom. The quantitative estimate of drug-likeness (QED) is 0.175. The van der Waals surface area contributed by atoms with Gasteiger partial charge in [-0.1, -0.05) is 105 Å². The van der Waals surface area contributed by atoms with Crippen LogP contribution < -0.4 is 11.1 Å². The highest BCUT2D eigenvalue weighted by atomic mass is 16.7. The van der Waals surface area contributed by atoms with Gasteiger partial charge in [0.15, 0.2) is 12.1 Å². The highest BCUT2D eigenvalue weighted by Gasteiger charge is 2.51. The van der Waals surface area contributed by atoms with Crippen LogP contribution >= 0.6 is 0 Å². The number of cyclic esters (lactones) is 1. The minimum absolute atomic E-state index is 0.0815. The number of carbonyl (C=O) groups excluding carboxylic acids is 2. The molecular weight excluding hydrogens is 885 g/mol. The van der Waals surface area contributed by atoms with Crippen LogP contribution in [0.5, 0.6) is 0 Å². The fourth-order valence-electron chi connectivity index (χ4n) is 8.88. The van der Waals surface area contributed by atoms with E-state index in [0.717, 1.165) is 25.7 Å². The predicted molar refractivity (Wildman–Crippen MR) is 251 cm³/mol. The zero-order valence-electron chi connectivity index (χ0n) is 39.3. The molecule has 3 heterocycles. The Hall–Kier alpha value is -3.44. The zero-order valence-corrected chi connectivity index (χ0v) is 39.3. The maximum atomic E-state index is 13.9. The number of rotatable bonds is 4. The minimum Gasteiger partial charge on any atom is -0.462 e. The third-order valence-corrected chi connectivity index (χ3v) is 12.8. The minimum atomic E-state index is -2.24. The van der Waals surface area contributed by atoms with E-state index in [4.69, 9.17) is 24.7 Å². The smallest absolute Gasteiger partial charge is 0.308 e. The van der Waals surface area contributed by atoms with Gasteiger partial charge in [0.25, 0.3) is 0 Å². The lowest BCUT2D eigenvalue weighted by atomic mass is 9.82. The van der Waals surface area contributed by atoms with Gasteiger partial charge in [0.1, 0.15) is 12.2 Å². The van der Waals surface area contributed by atoms with Gasteiger partial charge in [-0.05, 0) is 39.0 Å². The first-order valence-electron chi connectivity index (χ1n) is 24.1. The molecule has 384 valence electrons. The van der Waals surface area contributed by atoms with Gasteiger partial charge in [-0.3, -0.25) is 9.59 Å². The zero-order chi connectivity index (χ0) is 49.8. The van der Waals surface area contributed by atoms with Crippen LogP contribution in [0.3, 0.4) is 0 Å². The molecule has 0 aromatic carbocycles. The summed E-state index contributed by atoms with van der Waals surface area (Å²) in [5.41, 5.74) is 6.03. The molecule has 0 aromatic rings. The summed E-state index contributed by atoms with van der Waals surface area (Å²) >= 11 is 0. The Morgan fingerprint density at radius 1 is 0.676 bits per heavy atom. The number of esters is 1. The molecule has 17 atom stereocenters. The summed E-state index contributed by atoms with van der Waals surface area (Å²) in [4.78, 5) is 26.4. The summed E-state index contributed by atoms with van der Waals surface area (Å²) in [5, 5.41) is 112. The monoisotopic (exact) mass is 963 g/mol. The van der Waals surface area contributed by atoms with Crippen molar-refractivity contribution in [3.8, 4) is 0 Å². The molecule has 2 saturated heterocycles. The van der Waals surface area contributed by atoms with Gasteiger partial charge < -0.3 is 81.1 Å². The molecule has 0 spiro atoms. The van der Waals surface area contributed by atoms with Crippen LogP contribution in [0.2, 0.25) is 0 Å². The Labute approximate surface area is 399 Å². The van der Waals surface area contributed by atoms with Crippen LogP contribution in [0.1, 0.15) is 97.3 Å². The highest BCUT2D eigenvalue weighted by Crippen LogP contribution is 2.38. The maximum Gasteiger partial charge on any atom is 0.308 e. The summed E-state index contributed by atoms with van der Waals surface area (Å²) in [5.74, 6) is -4.92. The number of amides is 1. The van der Waals surface area contributed by atoms with Gasteiger partial charge in [0.05, 0.1) is 86.0 Å². The maximum absolute atomic E-state index is 13.9. The number of ether oxygens (including phenoxy) is 4. The second kappa shape index (κ2) is 29.0. The van der Waals surface area contributed by atoms with E-state index in [9.17, 15) is 60.7 Å². The SMILES string of the molecule is C[C@H]1C[C@H](O)[C@@H](C)/C=C/C=C/C=C/C=C/C=C/C=C/C=C/C(O[C@@H]2OC[C@@H](O)[C@H](N)[C@@H]2O)C[C@@H]2OC(O)(CC(O)CC(O)C(O)CC[C@@H](O)CC(O)CC(=O)O1)C[C@H](O)[C@H]2C(=O)NC1CCCC1. The van der Waals surface area contributed by atoms with Crippen molar-refractivity contribution in [2.75, 3.05) is 6.61 Å². The molecule has 3 fully saturated rings. The molecule has 4 aliphatic rings. The number of fused-ring (bicyclic) bond motifs is 2. The number of aliphatic hydroxyl groups is 10. The van der Waals surface area contributed by atoms with Crippen molar-refractivity contribution in [2.45, 2.75) is 195 Å². The van der Waals surface area contributed by atoms with E-state index in [0.29, 0.717) is 0 Å². The van der Waals surface area contributed by atoms with Gasteiger partial charge >= 0.3 is 5.97 Å². The largest absolute Gasteiger partial charge is 0.462 e. The Bertz CT molecular complexity index is 1730. The van der Waals surface area contributed by atoms with E-state index in [1.807, 2.05) is 49.5 Å². The predicted octanol–water partition coefficient (Wildman–Crippen LogP) is 1.05. The average molecular weight is 963 g/mol. The molecule has 1 aliphatic carbocycles. The van der Waals surface area contributed by atoms with Crippen LogP contribution in [0, 0.1) is 11.8 Å². The summed E-state index contributed by atoms with van der Waals surface area (Å²) in [6.07, 6.45) is 9.81. The second-order valence-electron chi connectivity index (χ2n) is 18.8. The van der Waals surface area contributed by atoms with Crippen LogP contribution in [0.25, 0.3) is 0 Å². The fraction of sp³-hybridized carbons (Fsp3) is 0.680. The van der Waals surface area contributed by atoms with Crippen molar-refractivity contribution in [1.29, 1.82) is 0 Å². The molecule has 0 radical (unpaired) electrons. The third-order valence-electron chi connectivity index (χ3n) is 12.8. The van der Waals surface area contributed by atoms with Gasteiger partial charge in [0.2, 0.25) is 5.91 Å². The lowest BCUT2D eigenvalue weighted by Gasteiger charge is -2.46. The van der Waals surface area contributed by atoms with E-state index in [-0.39, 0.29) is 50.7 Å². The molecule has 1 saturated carbocycles. The van der Waals surface area contributed by atoms with Crippen molar-refractivity contribution < 1.29 is 79.6 Å². The summed E-state index contributed by atoms with van der Waals surface area (Å²) in [6.45, 7) is 3.24. The normalized spacial score (nSPS) is 43.2. The fourth-order valence-corrected chi connectivity index (χ4v) is 8.88. The molecular formula is C50H78N2O16. The summed E-state index contributed by atoms with van der Waals surface area (Å²) < 4.78 is 23.4. The van der Waals surface area contributed by atoms with Gasteiger partial charge in [-0.25, -0.2) is 0 Å². The molecule has 68 heavy (non-hydrogen) atoms. The molecule has 18 nitrogen and oxygen atoms in total. The van der Waals surface area contributed by atoms with E-state index in [1.165, 1.54) is 0 Å². The first-order valence-corrected chi connectivity index (χ1v) is 24.1. The molecule has 3 aliphatic heterocycles. The molecule has 18 heteroatoms. The van der Waals surface area contributed by atoms with Crippen molar-refractivity contribution in [3.05, 3.63) is 85.1 Å². The molecule has 13 N–H and O–H groups in total. The molecule has 0 aromatic heterocycles. The first-order chi connectivity index (χ1) is 32.3. The lowest BCUT2D eigenvalue weighted by Crippen LogP contribution is -2.60. The van der Waals surface area contributed by atoms with Crippen LogP contribution in [-0.2, 0) is 28.5 Å². The molecule has 1 amide bonds. The number of allylic oxidation sites excluding steroid dienone is 12. The van der Waals surface area contributed by atoms with Crippen molar-refractivity contribution in [3.63, 3.8) is 0 Å². The van der Waals surface area contributed by atoms with Gasteiger partial charge in [0, 0.05) is 44.1 Å². The van der Waals surface area contributed by atoms with Crippen molar-refractivity contribution >= 4 is 11.9 Å². The second-order valence-corrected chi connectivity index (χ2v) is 18.8. The third kappa shape index (κ3) is 19.8. The number of hydrogen-bond donors (Lipinski definition) is 12. The van der Waals surface area contributed by atoms with Gasteiger partial charge in [-0.15, -0.1) is 0 Å². The van der Waals surface area contributed by atoms with Crippen LogP contribution in [0.4, 0.5) is 0 Å². The topological polar surface area (TPSA) is 311 Å². The Kier molecular flexibility index (Phi) is 24.4. The number of nitrogens with two attached hydrogens (primary N) is 1. The van der Waals surface area contributed by atoms with Crippen molar-refractivity contribution in [1.82, 2.24) is 5.32 Å². The number of aliphatic hydroxyl groups excluding tert-OH is 9. The molecule has 4 rings (SSSR count). The molecule has 6 unspecified atom stereocenters. The first kappa shape index (κ1) is 57.1. The number of carbonyl (C=O) groups is 2. The standard InChI is InChI=1S/C50H78N2O16/c1-31-17-13-11-9-7-5-3-4-6-8-10-12-14-20-37(67-49-47(62)46(51)42(60)30-65-49)27-43-45(48(63)52-33-18-15-16-19-33)41(59)29-50(64,68-43)28-36(55)25-40(58)38(56)22-21-34(53)24-35(54)26-44(61)66-32(2)23-39(31)57/h3-14,17,20,31-43,45-47,49,53-60,62,64H,15-16,18-19,21-30,51H2,1-2H3,(H,52,63)/b4-3+,7-5+,8-6+,11-9+,12-10+,17-13+,20-14+/t31-,32-,34+,35?,36?,37?,38?,39-,40?,41-,42+,43-,45+,46-,47-,49-,50?/m0/s1. The van der Waals surface area contributed by atoms with Crippen LogP contribution in [-0.4, -0.2) is 167 Å². The van der Waals surface area contributed by atoms with E-state index in [1.54, 1.807) is 49.5 Å².